The molecular weight excluding hydrogens is 264 g/mol. The molecule has 1 fully saturated rings. The Bertz CT molecular complexity index is 576. The molecule has 0 aromatic heterocycles. The molecule has 0 bridgehead atoms. The lowest BCUT2D eigenvalue weighted by Gasteiger charge is -2.41. The van der Waals surface area contributed by atoms with Gasteiger partial charge in [-0.3, -0.25) is 4.79 Å². The maximum Gasteiger partial charge on any atom is 0.218 e. The zero-order chi connectivity index (χ0) is 15.1. The fourth-order valence-electron chi connectivity index (χ4n) is 3.67. The molecule has 21 heavy (non-hydrogen) atoms. The summed E-state index contributed by atoms with van der Waals surface area (Å²) >= 11 is 0. The van der Waals surface area contributed by atoms with Gasteiger partial charge in [0.25, 0.3) is 0 Å². The van der Waals surface area contributed by atoms with Gasteiger partial charge in [-0.2, -0.15) is 0 Å². The first-order valence-corrected chi connectivity index (χ1v) is 7.92. The molecule has 0 spiro atoms. The Morgan fingerprint density at radius 1 is 1.29 bits per heavy atom. The smallest absolute Gasteiger partial charge is 0.218 e. The number of carbonyl (C=O) groups excluding carboxylic acids is 1. The van der Waals surface area contributed by atoms with Crippen LogP contribution < -0.4 is 0 Å². The van der Waals surface area contributed by atoms with E-state index < -0.39 is 6.29 Å². The van der Waals surface area contributed by atoms with E-state index in [0.717, 1.165) is 12.8 Å². The Labute approximate surface area is 126 Å². The highest BCUT2D eigenvalue weighted by Crippen LogP contribution is 2.40. The van der Waals surface area contributed by atoms with Crippen molar-refractivity contribution in [3.05, 3.63) is 33.9 Å². The third kappa shape index (κ3) is 2.43. The van der Waals surface area contributed by atoms with Crippen LogP contribution in [0.2, 0.25) is 0 Å². The van der Waals surface area contributed by atoms with E-state index in [0.29, 0.717) is 13.0 Å². The minimum Gasteiger partial charge on any atom is -0.345 e. The molecule has 3 heteroatoms. The number of ether oxygens (including phenoxy) is 2. The van der Waals surface area contributed by atoms with Crippen LogP contribution in [0.1, 0.15) is 53.5 Å². The Balaban J connectivity index is 1.92. The summed E-state index contributed by atoms with van der Waals surface area (Å²) in [4.78, 5) is 11.8. The van der Waals surface area contributed by atoms with Gasteiger partial charge in [0, 0.05) is 12.3 Å². The number of aryl methyl sites for hydroxylation is 2. The fraction of sp³-hybridized carbons (Fsp3) is 0.611. The molecule has 0 amide bonds. The van der Waals surface area contributed by atoms with Crippen molar-refractivity contribution in [1.82, 2.24) is 0 Å². The van der Waals surface area contributed by atoms with Crippen LogP contribution in [0.25, 0.3) is 0 Å². The zero-order valence-corrected chi connectivity index (χ0v) is 13.4. The molecule has 3 nitrogen and oxygen atoms in total. The van der Waals surface area contributed by atoms with Crippen molar-refractivity contribution in [2.24, 2.45) is 0 Å². The van der Waals surface area contributed by atoms with Gasteiger partial charge in [-0.15, -0.1) is 0 Å². The summed E-state index contributed by atoms with van der Waals surface area (Å²) < 4.78 is 11.7. The summed E-state index contributed by atoms with van der Waals surface area (Å²) in [6.45, 7) is 9.01. The lowest BCUT2D eigenvalue weighted by Crippen LogP contribution is -2.44. The van der Waals surface area contributed by atoms with Gasteiger partial charge < -0.3 is 9.47 Å². The number of carbonyl (C=O) groups is 1. The van der Waals surface area contributed by atoms with Gasteiger partial charge in [0.05, 0.1) is 12.7 Å². The van der Waals surface area contributed by atoms with Gasteiger partial charge in [-0.05, 0) is 61.4 Å². The van der Waals surface area contributed by atoms with Gasteiger partial charge in [-0.25, -0.2) is 0 Å². The Kier molecular flexibility index (Phi) is 3.89. The Hall–Kier alpha value is -1.19. The lowest BCUT2D eigenvalue weighted by molar-refractivity contribution is -0.220. The van der Waals surface area contributed by atoms with Crippen LogP contribution >= 0.6 is 0 Å². The van der Waals surface area contributed by atoms with Crippen molar-refractivity contribution in [3.8, 4) is 0 Å². The number of benzene rings is 1. The normalized spacial score (nSPS) is 27.9. The third-order valence-corrected chi connectivity index (χ3v) is 5.15. The van der Waals surface area contributed by atoms with E-state index in [1.165, 1.54) is 27.8 Å². The van der Waals surface area contributed by atoms with Gasteiger partial charge >= 0.3 is 0 Å². The SMILES string of the molecule is CCC(=O)C1OCC2c3c(cc(C)c(C)c3C)CCC2O1. The van der Waals surface area contributed by atoms with Gasteiger partial charge in [0.15, 0.2) is 5.78 Å². The highest BCUT2D eigenvalue weighted by Gasteiger charge is 2.39. The molecule has 0 radical (unpaired) electrons. The van der Waals surface area contributed by atoms with E-state index in [9.17, 15) is 4.79 Å². The van der Waals surface area contributed by atoms with Crippen molar-refractivity contribution >= 4 is 5.78 Å². The monoisotopic (exact) mass is 288 g/mol. The Morgan fingerprint density at radius 3 is 2.76 bits per heavy atom. The summed E-state index contributed by atoms with van der Waals surface area (Å²) in [5, 5.41) is 0. The molecule has 0 saturated carbocycles. The third-order valence-electron chi connectivity index (χ3n) is 5.15. The van der Waals surface area contributed by atoms with Crippen LogP contribution in [0, 0.1) is 20.8 Å². The molecule has 1 aromatic rings. The number of rotatable bonds is 2. The molecular formula is C18H24O3. The van der Waals surface area contributed by atoms with Crippen LogP contribution in [-0.2, 0) is 20.7 Å². The van der Waals surface area contributed by atoms with E-state index in [1.807, 2.05) is 6.92 Å². The summed E-state index contributed by atoms with van der Waals surface area (Å²) in [5.41, 5.74) is 6.93. The number of hydrogen-bond donors (Lipinski definition) is 0. The summed E-state index contributed by atoms with van der Waals surface area (Å²) in [6.07, 6.45) is 1.95. The molecule has 114 valence electrons. The maximum absolute atomic E-state index is 11.8. The van der Waals surface area contributed by atoms with Crippen molar-refractivity contribution < 1.29 is 14.3 Å². The van der Waals surface area contributed by atoms with Crippen LogP contribution in [0.15, 0.2) is 6.07 Å². The molecule has 3 atom stereocenters. The lowest BCUT2D eigenvalue weighted by atomic mass is 9.76. The van der Waals surface area contributed by atoms with Crippen LogP contribution in [-0.4, -0.2) is 24.8 Å². The quantitative estimate of drug-likeness (QED) is 0.837. The maximum atomic E-state index is 11.8. The second-order valence-electron chi connectivity index (χ2n) is 6.32. The molecule has 1 aliphatic carbocycles. The first-order valence-electron chi connectivity index (χ1n) is 7.92. The van der Waals surface area contributed by atoms with Crippen LogP contribution in [0.4, 0.5) is 0 Å². The second-order valence-corrected chi connectivity index (χ2v) is 6.32. The first-order chi connectivity index (χ1) is 10.0. The average molecular weight is 288 g/mol. The Morgan fingerprint density at radius 2 is 2.05 bits per heavy atom. The molecule has 3 unspecified atom stereocenters. The van der Waals surface area contributed by atoms with E-state index in [4.69, 9.17) is 9.47 Å². The number of hydrogen-bond acceptors (Lipinski definition) is 3. The first kappa shape index (κ1) is 14.7. The molecule has 2 aliphatic rings. The van der Waals surface area contributed by atoms with Gasteiger partial charge in [-0.1, -0.05) is 13.0 Å². The van der Waals surface area contributed by atoms with Crippen LogP contribution in [0.3, 0.4) is 0 Å². The molecule has 1 aromatic carbocycles. The van der Waals surface area contributed by atoms with Gasteiger partial charge in [0.2, 0.25) is 6.29 Å². The fourth-order valence-corrected chi connectivity index (χ4v) is 3.67. The topological polar surface area (TPSA) is 35.5 Å². The second kappa shape index (κ2) is 5.54. The molecule has 1 saturated heterocycles. The standard InChI is InChI=1S/C18H24O3/c1-5-15(19)18-20-9-14-16(21-18)7-6-13-8-10(2)11(3)12(4)17(13)14/h8,14,16,18H,5-7,9H2,1-4H3. The molecule has 3 rings (SSSR count). The van der Waals surface area contributed by atoms with Crippen molar-refractivity contribution in [3.63, 3.8) is 0 Å². The van der Waals surface area contributed by atoms with Gasteiger partial charge in [0.1, 0.15) is 0 Å². The summed E-state index contributed by atoms with van der Waals surface area (Å²) in [6, 6.07) is 2.32. The minimum absolute atomic E-state index is 0.0519. The van der Waals surface area contributed by atoms with E-state index >= 15 is 0 Å². The van der Waals surface area contributed by atoms with Crippen molar-refractivity contribution in [2.45, 2.75) is 65.3 Å². The number of fused-ring (bicyclic) bond motifs is 3. The van der Waals surface area contributed by atoms with E-state index in [2.05, 4.69) is 26.8 Å². The number of Topliss-reactive ketones (excluding diaryl/α,β-unsaturated/α-hetero) is 1. The zero-order valence-electron chi connectivity index (χ0n) is 13.4. The highest BCUT2D eigenvalue weighted by atomic mass is 16.7. The molecule has 1 heterocycles. The summed E-state index contributed by atoms with van der Waals surface area (Å²) in [5.74, 6) is 0.324. The van der Waals surface area contributed by atoms with Crippen molar-refractivity contribution in [1.29, 1.82) is 0 Å². The molecule has 0 N–H and O–H groups in total. The van der Waals surface area contributed by atoms with Crippen molar-refractivity contribution in [2.75, 3.05) is 6.61 Å². The number of ketones is 1. The molecule has 1 aliphatic heterocycles. The largest absolute Gasteiger partial charge is 0.345 e. The summed E-state index contributed by atoms with van der Waals surface area (Å²) in [7, 11) is 0. The highest BCUT2D eigenvalue weighted by molar-refractivity contribution is 5.81. The predicted molar refractivity (Wildman–Crippen MR) is 81.6 cm³/mol. The van der Waals surface area contributed by atoms with E-state index in [1.54, 1.807) is 0 Å². The van der Waals surface area contributed by atoms with Crippen LogP contribution in [0.5, 0.6) is 0 Å². The van der Waals surface area contributed by atoms with E-state index in [-0.39, 0.29) is 17.8 Å². The predicted octanol–water partition coefficient (Wildman–Crippen LogP) is 3.36. The minimum atomic E-state index is -0.648. The average Bonchev–Trinajstić information content (AvgIpc) is 2.50.